The second kappa shape index (κ2) is 16.5. The van der Waals surface area contributed by atoms with E-state index in [1.54, 1.807) is 6.07 Å². The van der Waals surface area contributed by atoms with Gasteiger partial charge in [-0.2, -0.15) is 10.1 Å². The number of nitrogens with zero attached hydrogens (tertiary/aromatic N) is 6. The van der Waals surface area contributed by atoms with Crippen LogP contribution in [0.5, 0.6) is 0 Å². The molecular weight excluding hydrogens is 802 g/mol. The minimum Gasteiger partial charge on any atom is -0.371 e. The van der Waals surface area contributed by atoms with Gasteiger partial charge < -0.3 is 19.6 Å². The SMILES string of the molecule is Cc1cc(-c2n[nH]c3ccc(-c4ccc(N5CCC(N(C)Cc6cc7c(cc6F)C(=O)N(C6CCC(=O)NC6=O)C7)CC5)cc4)cc23)ccc1CNC(=O)c1nc(C(C)(C)C)no1. The van der Waals surface area contributed by atoms with Gasteiger partial charge in [0.25, 0.3) is 5.91 Å². The highest BCUT2D eigenvalue weighted by Gasteiger charge is 2.40. The summed E-state index contributed by atoms with van der Waals surface area (Å²) in [5, 5.41) is 18.0. The number of H-pyrrole nitrogens is 1. The van der Waals surface area contributed by atoms with E-state index in [-0.39, 0.29) is 54.1 Å². The van der Waals surface area contributed by atoms with Crippen molar-refractivity contribution >= 4 is 40.2 Å². The summed E-state index contributed by atoms with van der Waals surface area (Å²) in [5.41, 5.74) is 9.25. The Bertz CT molecular complexity index is 2760. The first-order valence-electron chi connectivity index (χ1n) is 21.4. The molecule has 2 saturated heterocycles. The molecule has 3 aliphatic rings. The Morgan fingerprint density at radius 3 is 2.40 bits per heavy atom. The van der Waals surface area contributed by atoms with Crippen LogP contribution in [0.4, 0.5) is 10.1 Å². The third-order valence-corrected chi connectivity index (χ3v) is 12.7. The first-order chi connectivity index (χ1) is 30.2. The lowest BCUT2D eigenvalue weighted by Crippen LogP contribution is -2.52. The summed E-state index contributed by atoms with van der Waals surface area (Å²) in [7, 11) is 2.02. The Morgan fingerprint density at radius 1 is 0.937 bits per heavy atom. The number of anilines is 1. The zero-order valence-electron chi connectivity index (χ0n) is 36.0. The predicted molar refractivity (Wildman–Crippen MR) is 235 cm³/mol. The summed E-state index contributed by atoms with van der Waals surface area (Å²) in [5.74, 6) is -1.61. The summed E-state index contributed by atoms with van der Waals surface area (Å²) in [6.45, 7) is 10.6. The number of nitrogens with one attached hydrogen (secondary N) is 3. The van der Waals surface area contributed by atoms with Crippen molar-refractivity contribution < 1.29 is 28.1 Å². The first-order valence-corrected chi connectivity index (χ1v) is 21.4. The van der Waals surface area contributed by atoms with Crippen LogP contribution in [0.2, 0.25) is 0 Å². The first kappa shape index (κ1) is 41.6. The number of piperidine rings is 2. The number of hydrogen-bond donors (Lipinski definition) is 3. The molecule has 3 N–H and O–H groups in total. The Kier molecular flexibility index (Phi) is 10.9. The van der Waals surface area contributed by atoms with Crippen molar-refractivity contribution in [3.8, 4) is 22.4 Å². The maximum atomic E-state index is 15.4. The van der Waals surface area contributed by atoms with Crippen molar-refractivity contribution in [3.05, 3.63) is 118 Å². The number of halogens is 1. The topological polar surface area (TPSA) is 170 Å². The van der Waals surface area contributed by atoms with Crippen LogP contribution in [0.15, 0.2) is 77.3 Å². The number of imide groups is 1. The molecular formula is C48H50FN9O5. The van der Waals surface area contributed by atoms with Crippen LogP contribution in [-0.4, -0.2) is 86.0 Å². The average Bonchev–Trinajstić information content (AvgIpc) is 4.02. The summed E-state index contributed by atoms with van der Waals surface area (Å²) in [6.07, 6.45) is 2.27. The number of aryl methyl sites for hydroxylation is 1. The molecule has 2 aromatic heterocycles. The monoisotopic (exact) mass is 851 g/mol. The van der Waals surface area contributed by atoms with Crippen molar-refractivity contribution in [1.29, 1.82) is 0 Å². The molecule has 0 aliphatic carbocycles. The van der Waals surface area contributed by atoms with Gasteiger partial charge >= 0.3 is 11.8 Å². The number of rotatable bonds is 10. The van der Waals surface area contributed by atoms with E-state index in [0.29, 0.717) is 30.0 Å². The highest BCUT2D eigenvalue weighted by molar-refractivity contribution is 6.05. The fourth-order valence-electron chi connectivity index (χ4n) is 8.92. The molecule has 4 aromatic carbocycles. The number of carbonyl (C=O) groups excluding carboxylic acids is 4. The third-order valence-electron chi connectivity index (χ3n) is 12.7. The summed E-state index contributed by atoms with van der Waals surface area (Å²) >= 11 is 0. The molecule has 324 valence electrons. The van der Waals surface area contributed by atoms with Crippen LogP contribution >= 0.6 is 0 Å². The van der Waals surface area contributed by atoms with E-state index < -0.39 is 23.7 Å². The Hall–Kier alpha value is -6.74. The van der Waals surface area contributed by atoms with E-state index >= 15 is 4.39 Å². The lowest BCUT2D eigenvalue weighted by molar-refractivity contribution is -0.136. The molecule has 0 radical (unpaired) electrons. The van der Waals surface area contributed by atoms with Crippen molar-refractivity contribution in [2.24, 2.45) is 0 Å². The number of aromatic nitrogens is 4. The predicted octanol–water partition coefficient (Wildman–Crippen LogP) is 6.82. The third kappa shape index (κ3) is 8.32. The van der Waals surface area contributed by atoms with Gasteiger partial charge in [0, 0.05) is 78.4 Å². The molecule has 6 aromatic rings. The number of benzene rings is 4. The molecule has 0 saturated carbocycles. The summed E-state index contributed by atoms with van der Waals surface area (Å²) < 4.78 is 20.6. The maximum Gasteiger partial charge on any atom is 0.315 e. The zero-order valence-corrected chi connectivity index (χ0v) is 36.0. The van der Waals surface area contributed by atoms with Gasteiger partial charge in [0.05, 0.1) is 11.2 Å². The molecule has 14 nitrogen and oxygen atoms in total. The van der Waals surface area contributed by atoms with Crippen LogP contribution in [0.3, 0.4) is 0 Å². The van der Waals surface area contributed by atoms with Crippen LogP contribution < -0.4 is 15.5 Å². The van der Waals surface area contributed by atoms with Gasteiger partial charge in [-0.15, -0.1) is 0 Å². The van der Waals surface area contributed by atoms with Crippen LogP contribution in [0, 0.1) is 12.7 Å². The summed E-state index contributed by atoms with van der Waals surface area (Å²) in [4.78, 5) is 60.3. The van der Waals surface area contributed by atoms with Crippen molar-refractivity contribution in [1.82, 2.24) is 40.8 Å². The van der Waals surface area contributed by atoms with E-state index in [9.17, 15) is 19.2 Å². The van der Waals surface area contributed by atoms with Gasteiger partial charge in [-0.3, -0.25) is 34.5 Å². The number of fused-ring (bicyclic) bond motifs is 2. The molecule has 1 atom stereocenters. The Morgan fingerprint density at radius 2 is 1.68 bits per heavy atom. The van der Waals surface area contributed by atoms with E-state index in [1.165, 1.54) is 11.0 Å². The van der Waals surface area contributed by atoms with Gasteiger partial charge in [0.2, 0.25) is 11.8 Å². The highest BCUT2D eigenvalue weighted by Crippen LogP contribution is 2.34. The molecule has 4 amide bonds. The number of hydrogen-bond acceptors (Lipinski definition) is 10. The van der Waals surface area contributed by atoms with Crippen LogP contribution in [0.1, 0.15) is 95.6 Å². The van der Waals surface area contributed by atoms with Gasteiger partial charge in [-0.25, -0.2) is 4.39 Å². The molecule has 1 unspecified atom stereocenters. The van der Waals surface area contributed by atoms with Gasteiger partial charge in [0.1, 0.15) is 11.9 Å². The van der Waals surface area contributed by atoms with E-state index in [4.69, 9.17) is 4.52 Å². The minimum absolute atomic E-state index is 0.0541. The minimum atomic E-state index is -0.734. The van der Waals surface area contributed by atoms with Gasteiger partial charge in [0.15, 0.2) is 5.82 Å². The van der Waals surface area contributed by atoms with Crippen molar-refractivity contribution in [2.45, 2.75) is 90.5 Å². The van der Waals surface area contributed by atoms with Crippen LogP contribution in [0.25, 0.3) is 33.3 Å². The highest BCUT2D eigenvalue weighted by atomic mass is 19.1. The molecule has 0 bridgehead atoms. The number of aromatic amines is 1. The molecule has 0 spiro atoms. The smallest absolute Gasteiger partial charge is 0.315 e. The van der Waals surface area contributed by atoms with Crippen molar-refractivity contribution in [3.63, 3.8) is 0 Å². The molecule has 9 rings (SSSR count). The van der Waals surface area contributed by atoms with E-state index in [2.05, 4.69) is 89.3 Å². The fraction of sp³-hybridized carbons (Fsp3) is 0.354. The number of carbonyl (C=O) groups is 4. The van der Waals surface area contributed by atoms with E-state index in [1.807, 2.05) is 46.9 Å². The molecule has 63 heavy (non-hydrogen) atoms. The second-order valence-electron chi connectivity index (χ2n) is 18.0. The lowest BCUT2D eigenvalue weighted by atomic mass is 9.96. The average molecular weight is 852 g/mol. The normalized spacial score (nSPS) is 17.2. The fourth-order valence-corrected chi connectivity index (χ4v) is 8.92. The maximum absolute atomic E-state index is 15.4. The quantitative estimate of drug-likeness (QED) is 0.124. The second-order valence-corrected chi connectivity index (χ2v) is 18.0. The van der Waals surface area contributed by atoms with Crippen molar-refractivity contribution in [2.75, 3.05) is 25.0 Å². The Labute approximate surface area is 364 Å². The molecule has 3 aliphatic heterocycles. The standard InChI is InChI=1S/C48H50FN9O5/c1-27-20-30(6-7-31(27)24-50-44(61)45-52-47(55-63-45)48(2,3)4)42-37-22-29(10-13-39(37)53-54-42)28-8-11-35(12-9-28)57-18-16-34(17-19-57)56(5)25-33-21-32-26-58(46(62)36(32)23-38(33)49)40-14-15-41(59)51-43(40)60/h6-13,20-23,34,40H,14-19,24-26H2,1-5H3,(H,50,61)(H,53,54)(H,51,59,60). The Balaban J connectivity index is 0.805. The van der Waals surface area contributed by atoms with E-state index in [0.717, 1.165) is 76.0 Å². The molecule has 15 heteroatoms. The largest absolute Gasteiger partial charge is 0.371 e. The molecule has 5 heterocycles. The number of amides is 4. The van der Waals surface area contributed by atoms with Gasteiger partial charge in [-0.05, 0) is 104 Å². The van der Waals surface area contributed by atoms with Gasteiger partial charge in [-0.1, -0.05) is 56.3 Å². The molecule has 2 fully saturated rings. The lowest BCUT2D eigenvalue weighted by Gasteiger charge is -2.38. The zero-order chi connectivity index (χ0) is 44.2. The van der Waals surface area contributed by atoms with Crippen LogP contribution in [-0.2, 0) is 34.6 Å². The summed E-state index contributed by atoms with van der Waals surface area (Å²) in [6, 6.07) is 23.7.